The van der Waals surface area contributed by atoms with Gasteiger partial charge in [0, 0.05) is 11.3 Å². The average Bonchev–Trinajstić information content (AvgIpc) is 3.15. The highest BCUT2D eigenvalue weighted by Crippen LogP contribution is 2.39. The van der Waals surface area contributed by atoms with E-state index in [-0.39, 0.29) is 6.79 Å². The standard InChI is InChI=1S/C16H12N2O2S/c1-10-3-2-4-12(18-10)16-15(17-8-21-16)11-5-6-13-14(7-11)20-9-19-13/h2-8H,9H2,1H3. The molecule has 0 saturated heterocycles. The molecule has 0 bridgehead atoms. The Kier molecular flexibility index (Phi) is 2.86. The Morgan fingerprint density at radius 2 is 2.00 bits per heavy atom. The minimum absolute atomic E-state index is 0.280. The fraction of sp³-hybridized carbons (Fsp3) is 0.125. The predicted octanol–water partition coefficient (Wildman–Crippen LogP) is 3.91. The van der Waals surface area contributed by atoms with Crippen LogP contribution in [0.15, 0.2) is 41.9 Å². The van der Waals surface area contributed by atoms with Crippen LogP contribution in [0.1, 0.15) is 5.69 Å². The second kappa shape index (κ2) is 4.86. The summed E-state index contributed by atoms with van der Waals surface area (Å²) >= 11 is 1.59. The first-order valence-corrected chi connectivity index (χ1v) is 7.47. The smallest absolute Gasteiger partial charge is 0.231 e. The molecule has 0 atom stereocenters. The van der Waals surface area contributed by atoms with Crippen LogP contribution >= 0.6 is 11.3 Å². The van der Waals surface area contributed by atoms with Crippen molar-refractivity contribution in [3.8, 4) is 33.3 Å². The van der Waals surface area contributed by atoms with Crippen molar-refractivity contribution in [2.45, 2.75) is 6.92 Å². The average molecular weight is 296 g/mol. The molecule has 1 aromatic carbocycles. The van der Waals surface area contributed by atoms with Crippen LogP contribution in [0.5, 0.6) is 11.5 Å². The molecule has 2 aromatic heterocycles. The molecule has 4 nitrogen and oxygen atoms in total. The summed E-state index contributed by atoms with van der Waals surface area (Å²) in [4.78, 5) is 10.2. The molecule has 21 heavy (non-hydrogen) atoms. The number of hydrogen-bond donors (Lipinski definition) is 0. The summed E-state index contributed by atoms with van der Waals surface area (Å²) < 4.78 is 10.8. The number of ether oxygens (including phenoxy) is 2. The topological polar surface area (TPSA) is 44.2 Å². The van der Waals surface area contributed by atoms with E-state index in [2.05, 4.69) is 9.97 Å². The molecular formula is C16H12N2O2S. The molecule has 4 rings (SSSR count). The van der Waals surface area contributed by atoms with E-state index in [9.17, 15) is 0 Å². The predicted molar refractivity (Wildman–Crippen MR) is 81.6 cm³/mol. The molecule has 0 unspecified atom stereocenters. The van der Waals surface area contributed by atoms with E-state index in [1.165, 1.54) is 0 Å². The molecule has 0 saturated carbocycles. The normalized spacial score (nSPS) is 12.6. The van der Waals surface area contributed by atoms with Gasteiger partial charge in [-0.3, -0.25) is 4.98 Å². The summed E-state index contributed by atoms with van der Waals surface area (Å²) in [6.45, 7) is 2.27. The highest BCUT2D eigenvalue weighted by Gasteiger charge is 2.17. The van der Waals surface area contributed by atoms with Gasteiger partial charge in [0.15, 0.2) is 11.5 Å². The Bertz CT molecular complexity index is 814. The SMILES string of the molecule is Cc1cccc(-c2scnc2-c2ccc3c(c2)OCO3)n1. The van der Waals surface area contributed by atoms with Gasteiger partial charge in [-0.2, -0.15) is 0 Å². The second-order valence-electron chi connectivity index (χ2n) is 4.76. The fourth-order valence-electron chi connectivity index (χ4n) is 2.35. The number of thiazole rings is 1. The maximum Gasteiger partial charge on any atom is 0.231 e. The van der Waals surface area contributed by atoms with E-state index in [4.69, 9.17) is 9.47 Å². The first-order chi connectivity index (χ1) is 10.3. The van der Waals surface area contributed by atoms with Crippen molar-refractivity contribution in [3.63, 3.8) is 0 Å². The van der Waals surface area contributed by atoms with Crippen LogP contribution in [0.25, 0.3) is 21.8 Å². The maximum atomic E-state index is 5.44. The van der Waals surface area contributed by atoms with E-state index in [1.807, 2.05) is 48.8 Å². The summed E-state index contributed by atoms with van der Waals surface area (Å²) in [5, 5.41) is 0. The van der Waals surface area contributed by atoms with Crippen LogP contribution in [0, 0.1) is 6.92 Å². The van der Waals surface area contributed by atoms with Gasteiger partial charge >= 0.3 is 0 Å². The Morgan fingerprint density at radius 1 is 1.10 bits per heavy atom. The van der Waals surface area contributed by atoms with Gasteiger partial charge in [0.25, 0.3) is 0 Å². The summed E-state index contributed by atoms with van der Waals surface area (Å²) in [6.07, 6.45) is 0. The minimum atomic E-state index is 0.280. The molecule has 0 aliphatic carbocycles. The third kappa shape index (κ3) is 2.15. The van der Waals surface area contributed by atoms with Crippen LogP contribution in [0.2, 0.25) is 0 Å². The molecule has 0 fully saturated rings. The summed E-state index contributed by atoms with van der Waals surface area (Å²) in [5.41, 5.74) is 5.73. The number of benzene rings is 1. The molecule has 0 radical (unpaired) electrons. The van der Waals surface area contributed by atoms with Crippen LogP contribution in [0.4, 0.5) is 0 Å². The van der Waals surface area contributed by atoms with Gasteiger partial charge in [0.2, 0.25) is 6.79 Å². The van der Waals surface area contributed by atoms with Gasteiger partial charge < -0.3 is 9.47 Å². The minimum Gasteiger partial charge on any atom is -0.454 e. The van der Waals surface area contributed by atoms with Crippen molar-refractivity contribution in [1.82, 2.24) is 9.97 Å². The number of nitrogens with zero attached hydrogens (tertiary/aromatic N) is 2. The third-order valence-electron chi connectivity index (χ3n) is 3.33. The van der Waals surface area contributed by atoms with Crippen molar-refractivity contribution >= 4 is 11.3 Å². The zero-order valence-corrected chi connectivity index (χ0v) is 12.2. The molecule has 1 aliphatic heterocycles. The van der Waals surface area contributed by atoms with Crippen LogP contribution in [-0.4, -0.2) is 16.8 Å². The highest BCUT2D eigenvalue weighted by molar-refractivity contribution is 7.13. The van der Waals surface area contributed by atoms with Crippen molar-refractivity contribution < 1.29 is 9.47 Å². The number of aromatic nitrogens is 2. The molecule has 104 valence electrons. The first-order valence-electron chi connectivity index (χ1n) is 6.59. The molecule has 0 amide bonds. The first kappa shape index (κ1) is 12.3. The zero-order valence-electron chi connectivity index (χ0n) is 11.4. The van der Waals surface area contributed by atoms with Crippen molar-refractivity contribution in [3.05, 3.63) is 47.6 Å². The van der Waals surface area contributed by atoms with E-state index in [0.29, 0.717) is 0 Å². The molecule has 3 heterocycles. The summed E-state index contributed by atoms with van der Waals surface area (Å²) in [6, 6.07) is 11.9. The van der Waals surface area contributed by atoms with Gasteiger partial charge in [-0.15, -0.1) is 11.3 Å². The summed E-state index contributed by atoms with van der Waals surface area (Å²) in [5.74, 6) is 1.55. The lowest BCUT2D eigenvalue weighted by atomic mass is 10.1. The fourth-order valence-corrected chi connectivity index (χ4v) is 3.13. The Labute approximate surface area is 126 Å². The lowest BCUT2D eigenvalue weighted by Gasteiger charge is -2.04. The van der Waals surface area contributed by atoms with Gasteiger partial charge in [-0.1, -0.05) is 6.07 Å². The Hall–Kier alpha value is -2.40. The maximum absolute atomic E-state index is 5.44. The van der Waals surface area contributed by atoms with Crippen molar-refractivity contribution in [2.75, 3.05) is 6.79 Å². The van der Waals surface area contributed by atoms with Crippen molar-refractivity contribution in [2.24, 2.45) is 0 Å². The van der Waals surface area contributed by atoms with Gasteiger partial charge in [0.05, 0.1) is 21.8 Å². The van der Waals surface area contributed by atoms with Crippen LogP contribution < -0.4 is 9.47 Å². The molecular weight excluding hydrogens is 284 g/mol. The lowest BCUT2D eigenvalue weighted by molar-refractivity contribution is 0.174. The number of hydrogen-bond acceptors (Lipinski definition) is 5. The Balaban J connectivity index is 1.82. The van der Waals surface area contributed by atoms with E-state index >= 15 is 0 Å². The molecule has 1 aliphatic rings. The van der Waals surface area contributed by atoms with Crippen molar-refractivity contribution in [1.29, 1.82) is 0 Å². The quantitative estimate of drug-likeness (QED) is 0.719. The number of rotatable bonds is 2. The monoisotopic (exact) mass is 296 g/mol. The van der Waals surface area contributed by atoms with E-state index < -0.39 is 0 Å². The lowest BCUT2D eigenvalue weighted by Crippen LogP contribution is -1.92. The number of fused-ring (bicyclic) bond motifs is 1. The van der Waals surface area contributed by atoms with Gasteiger partial charge in [-0.25, -0.2) is 4.98 Å². The third-order valence-corrected chi connectivity index (χ3v) is 4.18. The zero-order chi connectivity index (χ0) is 14.2. The number of pyridine rings is 1. The molecule has 0 spiro atoms. The Morgan fingerprint density at radius 3 is 2.90 bits per heavy atom. The molecule has 3 aromatic rings. The number of aryl methyl sites for hydroxylation is 1. The molecule has 5 heteroatoms. The second-order valence-corrected chi connectivity index (χ2v) is 5.62. The van der Waals surface area contributed by atoms with E-state index in [0.717, 1.165) is 39.0 Å². The largest absolute Gasteiger partial charge is 0.454 e. The molecule has 0 N–H and O–H groups in total. The highest BCUT2D eigenvalue weighted by atomic mass is 32.1. The van der Waals surface area contributed by atoms with Gasteiger partial charge in [-0.05, 0) is 37.3 Å². The van der Waals surface area contributed by atoms with Gasteiger partial charge in [0.1, 0.15) is 0 Å². The van der Waals surface area contributed by atoms with Crippen LogP contribution in [0.3, 0.4) is 0 Å². The van der Waals surface area contributed by atoms with Crippen LogP contribution in [-0.2, 0) is 0 Å². The van der Waals surface area contributed by atoms with E-state index in [1.54, 1.807) is 11.3 Å². The summed E-state index contributed by atoms with van der Waals surface area (Å²) in [7, 11) is 0.